The molecule has 15 heteroatoms. The molecule has 2 aromatic rings. The zero-order valence-corrected chi connectivity index (χ0v) is 23.9. The maximum absolute atomic E-state index is 12.4. The fourth-order valence-electron chi connectivity index (χ4n) is 4.79. The lowest BCUT2D eigenvalue weighted by Gasteiger charge is -2.40. The average molecular weight is 643 g/mol. The van der Waals surface area contributed by atoms with Crippen LogP contribution in [0.2, 0.25) is 0 Å². The second-order valence-electron chi connectivity index (χ2n) is 10.3. The first-order valence-electron chi connectivity index (χ1n) is 13.6. The summed E-state index contributed by atoms with van der Waals surface area (Å²) in [6.45, 7) is -0.592. The summed E-state index contributed by atoms with van der Waals surface area (Å²) in [6.07, 6.45) is -3.67. The van der Waals surface area contributed by atoms with Gasteiger partial charge in [-0.1, -0.05) is 6.07 Å². The molecule has 15 nitrogen and oxygen atoms in total. The lowest BCUT2D eigenvalue weighted by atomic mass is 9.96. The number of esters is 1. The Morgan fingerprint density at radius 2 is 1.63 bits per heavy atom. The fourth-order valence-corrected chi connectivity index (χ4v) is 4.79. The number of phenols is 4. The number of ether oxygens (including phenoxy) is 5. The van der Waals surface area contributed by atoms with E-state index in [9.17, 15) is 50.8 Å². The zero-order chi connectivity index (χ0) is 33.3. The van der Waals surface area contributed by atoms with Crippen molar-refractivity contribution in [3.05, 3.63) is 88.6 Å². The van der Waals surface area contributed by atoms with Crippen LogP contribution in [0.1, 0.15) is 11.1 Å². The molecular formula is C31H30O15. The van der Waals surface area contributed by atoms with Crippen LogP contribution in [0.3, 0.4) is 0 Å². The third kappa shape index (κ3) is 6.52. The molecule has 5 rings (SSSR count). The molecule has 0 radical (unpaired) electrons. The second kappa shape index (κ2) is 12.9. The van der Waals surface area contributed by atoms with Gasteiger partial charge < -0.3 is 69.6 Å². The first-order chi connectivity index (χ1) is 21.9. The molecule has 2 heterocycles. The van der Waals surface area contributed by atoms with E-state index in [2.05, 4.69) is 0 Å². The summed E-state index contributed by atoms with van der Waals surface area (Å²) in [7, 11) is 1.36. The van der Waals surface area contributed by atoms with Crippen LogP contribution < -0.4 is 4.74 Å². The Morgan fingerprint density at radius 3 is 2.33 bits per heavy atom. The van der Waals surface area contributed by atoms with Gasteiger partial charge in [0, 0.05) is 29.4 Å². The molecule has 0 saturated carbocycles. The van der Waals surface area contributed by atoms with Crippen molar-refractivity contribution < 1.29 is 74.4 Å². The summed E-state index contributed by atoms with van der Waals surface area (Å²) < 4.78 is 27.6. The number of methoxy groups -OCH3 is 1. The van der Waals surface area contributed by atoms with Crippen molar-refractivity contribution in [1.82, 2.24) is 0 Å². The van der Waals surface area contributed by atoms with E-state index in [1.165, 1.54) is 43.5 Å². The van der Waals surface area contributed by atoms with E-state index in [0.29, 0.717) is 5.56 Å². The van der Waals surface area contributed by atoms with Crippen LogP contribution in [0.5, 0.6) is 28.7 Å². The molecule has 0 spiro atoms. The summed E-state index contributed by atoms with van der Waals surface area (Å²) in [6, 6.07) is 6.42. The van der Waals surface area contributed by atoms with Crippen molar-refractivity contribution in [3.63, 3.8) is 0 Å². The van der Waals surface area contributed by atoms with Crippen LogP contribution >= 0.6 is 0 Å². The number of rotatable bonds is 8. The highest BCUT2D eigenvalue weighted by Gasteiger charge is 2.46. The standard InChI is InChI=1S/C31H30O15/c1-42-22-6-13(2-4-17(22)33)3-5-25(37)43-12-24-27(39)28(40)29(41)31(46-24)45-23-11-16-18(34)9-15(32)10-21(16)44-30(23)14-7-19(35)26(38)20(36)8-14/h2-11,21,24,27-29,31-36,38-41H,12H2,1H3/b5-3+/t21?,24-,27-,28+,29-,31-/m1/s1. The molecule has 0 amide bonds. The molecular weight excluding hydrogens is 612 g/mol. The number of hydrogen-bond acceptors (Lipinski definition) is 15. The summed E-state index contributed by atoms with van der Waals surface area (Å²) >= 11 is 0. The van der Waals surface area contributed by atoms with Gasteiger partial charge in [0.2, 0.25) is 6.29 Å². The molecule has 0 aromatic heterocycles. The van der Waals surface area contributed by atoms with Crippen LogP contribution in [0.15, 0.2) is 77.5 Å². The Labute approximate surface area is 260 Å². The Hall–Kier alpha value is -5.35. The van der Waals surface area contributed by atoms with E-state index in [0.717, 1.165) is 24.3 Å². The molecule has 244 valence electrons. The quantitative estimate of drug-likeness (QED) is 0.112. The Bertz CT molecular complexity index is 1650. The smallest absolute Gasteiger partial charge is 0.330 e. The highest BCUT2D eigenvalue weighted by Crippen LogP contribution is 2.42. The molecule has 1 fully saturated rings. The minimum Gasteiger partial charge on any atom is -0.508 e. The third-order valence-corrected chi connectivity index (χ3v) is 7.21. The summed E-state index contributed by atoms with van der Waals surface area (Å²) in [4.78, 5) is 12.4. The van der Waals surface area contributed by atoms with E-state index in [-0.39, 0.29) is 39.9 Å². The number of allylic oxidation sites excluding steroid dienone is 2. The van der Waals surface area contributed by atoms with Gasteiger partial charge >= 0.3 is 5.97 Å². The van der Waals surface area contributed by atoms with E-state index >= 15 is 0 Å². The molecule has 1 unspecified atom stereocenters. The summed E-state index contributed by atoms with van der Waals surface area (Å²) in [5.41, 5.74) is 0.551. The van der Waals surface area contributed by atoms with Crippen molar-refractivity contribution in [3.8, 4) is 28.7 Å². The number of carbonyl (C=O) groups excluding carboxylic acids is 1. The van der Waals surface area contributed by atoms with Crippen molar-refractivity contribution in [2.24, 2.45) is 0 Å². The van der Waals surface area contributed by atoms with Gasteiger partial charge in [-0.3, -0.25) is 0 Å². The lowest BCUT2D eigenvalue weighted by Crippen LogP contribution is -2.59. The molecule has 46 heavy (non-hydrogen) atoms. The van der Waals surface area contributed by atoms with Gasteiger partial charge in [-0.25, -0.2) is 4.79 Å². The van der Waals surface area contributed by atoms with E-state index in [4.69, 9.17) is 23.7 Å². The maximum Gasteiger partial charge on any atom is 0.330 e. The number of carbonyl (C=O) groups is 1. The van der Waals surface area contributed by atoms with Crippen LogP contribution in [-0.2, 0) is 23.7 Å². The number of benzene rings is 2. The topological polar surface area (TPSA) is 245 Å². The molecule has 9 N–H and O–H groups in total. The summed E-state index contributed by atoms with van der Waals surface area (Å²) in [5.74, 6) is -4.22. The molecule has 1 aliphatic carbocycles. The fraction of sp³-hybridized carbons (Fsp3) is 0.258. The predicted octanol–water partition coefficient (Wildman–Crippen LogP) is 1.49. The van der Waals surface area contributed by atoms with Gasteiger partial charge in [-0.05, 0) is 42.0 Å². The van der Waals surface area contributed by atoms with Crippen LogP contribution in [0.25, 0.3) is 11.8 Å². The van der Waals surface area contributed by atoms with Crippen molar-refractivity contribution in [2.75, 3.05) is 13.7 Å². The SMILES string of the molecule is COc1cc(/C=C/C(=O)OC[C@H]2O[C@@H](OC3=C(c4cc(O)c(O)c(O)c4)OC4C=C(O)C=C(O)C4=C3)[C@H](O)[C@@H](O)[C@@H]2O)ccc1O. The highest BCUT2D eigenvalue weighted by molar-refractivity contribution is 5.87. The van der Waals surface area contributed by atoms with Gasteiger partial charge in [0.15, 0.2) is 40.3 Å². The highest BCUT2D eigenvalue weighted by atomic mass is 16.7. The largest absolute Gasteiger partial charge is 0.508 e. The molecule has 3 aliphatic rings. The van der Waals surface area contributed by atoms with Gasteiger partial charge in [0.05, 0.1) is 7.11 Å². The third-order valence-electron chi connectivity index (χ3n) is 7.21. The number of aliphatic hydroxyl groups excluding tert-OH is 5. The van der Waals surface area contributed by atoms with E-state index in [1.54, 1.807) is 0 Å². The van der Waals surface area contributed by atoms with E-state index < -0.39 is 72.4 Å². The van der Waals surface area contributed by atoms with Gasteiger partial charge in [0.1, 0.15) is 48.6 Å². The van der Waals surface area contributed by atoms with E-state index in [1.807, 2.05) is 0 Å². The first-order valence-corrected chi connectivity index (χ1v) is 13.6. The molecule has 6 atom stereocenters. The van der Waals surface area contributed by atoms with Crippen molar-refractivity contribution >= 4 is 17.8 Å². The molecule has 1 saturated heterocycles. The predicted molar refractivity (Wildman–Crippen MR) is 155 cm³/mol. The average Bonchev–Trinajstić information content (AvgIpc) is 3.02. The monoisotopic (exact) mass is 642 g/mol. The maximum atomic E-state index is 12.4. The Balaban J connectivity index is 1.37. The zero-order valence-electron chi connectivity index (χ0n) is 23.9. The van der Waals surface area contributed by atoms with Gasteiger partial charge in [-0.2, -0.15) is 0 Å². The van der Waals surface area contributed by atoms with Crippen molar-refractivity contribution in [1.29, 1.82) is 0 Å². The van der Waals surface area contributed by atoms with Crippen LogP contribution in [0.4, 0.5) is 0 Å². The van der Waals surface area contributed by atoms with Gasteiger partial charge in [-0.15, -0.1) is 0 Å². The minimum absolute atomic E-state index is 0.0468. The number of fused-ring (bicyclic) bond motifs is 1. The second-order valence-corrected chi connectivity index (χ2v) is 10.3. The van der Waals surface area contributed by atoms with Crippen LogP contribution in [0, 0.1) is 0 Å². The van der Waals surface area contributed by atoms with Gasteiger partial charge in [0.25, 0.3) is 0 Å². The van der Waals surface area contributed by atoms with Crippen LogP contribution in [-0.4, -0.2) is 102 Å². The normalized spacial score (nSPS) is 26.0. The molecule has 2 aliphatic heterocycles. The Morgan fingerprint density at radius 1 is 0.913 bits per heavy atom. The number of aliphatic hydroxyl groups is 5. The Kier molecular flexibility index (Phi) is 9.02. The number of aromatic hydroxyl groups is 4. The summed E-state index contributed by atoms with van der Waals surface area (Å²) in [5, 5.41) is 91.9. The lowest BCUT2D eigenvalue weighted by molar-refractivity contribution is -0.291. The van der Waals surface area contributed by atoms with Crippen molar-refractivity contribution in [2.45, 2.75) is 36.8 Å². The number of phenolic OH excluding ortho intramolecular Hbond substituents is 4. The molecule has 0 bridgehead atoms. The molecule has 2 aromatic carbocycles. The minimum atomic E-state index is -1.86. The number of hydrogen-bond donors (Lipinski definition) is 9. The first kappa shape index (κ1) is 32.1.